The second-order valence-corrected chi connectivity index (χ2v) is 6.21. The largest absolute Gasteiger partial charge is 0.335 e. The number of hydrogen-bond donors (Lipinski definition) is 0. The number of carbonyl (C=O) groups excluding carboxylic acids is 1. The number of carbonyl (C=O) groups is 1. The number of amides is 1. The molecule has 1 aromatic rings. The predicted molar refractivity (Wildman–Crippen MR) is 80.1 cm³/mol. The molecule has 100 valence electrons. The van der Waals surface area contributed by atoms with Crippen molar-refractivity contribution >= 4 is 40.9 Å². The van der Waals surface area contributed by atoms with E-state index in [0.717, 1.165) is 4.90 Å². The van der Waals surface area contributed by atoms with Crippen molar-refractivity contribution in [2.45, 2.75) is 24.3 Å². The van der Waals surface area contributed by atoms with Gasteiger partial charge in [0.1, 0.15) is 0 Å². The van der Waals surface area contributed by atoms with E-state index in [1.54, 1.807) is 29.8 Å². The van der Waals surface area contributed by atoms with Gasteiger partial charge in [0.05, 0.1) is 16.1 Å². The fraction of sp³-hybridized carbons (Fsp3) is 0.462. The Labute approximate surface area is 123 Å². The molecule has 2 nitrogen and oxygen atoms in total. The normalized spacial score (nSPS) is 11.4. The van der Waals surface area contributed by atoms with Gasteiger partial charge < -0.3 is 4.90 Å². The minimum atomic E-state index is -0.405. The van der Waals surface area contributed by atoms with Gasteiger partial charge in [-0.2, -0.15) is 0 Å². The van der Waals surface area contributed by atoms with Gasteiger partial charge in [0, 0.05) is 17.8 Å². The standard InChI is InChI=1S/C13H17Cl2NOS/c1-13(2,8-14)16(3)12(17)10-7-9(18-4)5-6-11(10)15/h5-7H,8H2,1-4H3. The quantitative estimate of drug-likeness (QED) is 0.615. The van der Waals surface area contributed by atoms with Gasteiger partial charge in [0.2, 0.25) is 0 Å². The van der Waals surface area contributed by atoms with Crippen LogP contribution in [0.15, 0.2) is 23.1 Å². The number of hydrogen-bond acceptors (Lipinski definition) is 2. The Balaban J connectivity index is 3.11. The fourth-order valence-electron chi connectivity index (χ4n) is 1.34. The van der Waals surface area contributed by atoms with Crippen LogP contribution in [0.2, 0.25) is 5.02 Å². The second-order valence-electron chi connectivity index (χ2n) is 4.66. The summed E-state index contributed by atoms with van der Waals surface area (Å²) < 4.78 is 0. The monoisotopic (exact) mass is 305 g/mol. The number of thioether (sulfide) groups is 1. The van der Waals surface area contributed by atoms with E-state index in [-0.39, 0.29) is 5.91 Å². The highest BCUT2D eigenvalue weighted by atomic mass is 35.5. The lowest BCUT2D eigenvalue weighted by Gasteiger charge is -2.34. The topological polar surface area (TPSA) is 20.3 Å². The lowest BCUT2D eigenvalue weighted by atomic mass is 10.0. The van der Waals surface area contributed by atoms with Gasteiger partial charge in [-0.25, -0.2) is 0 Å². The van der Waals surface area contributed by atoms with Crippen LogP contribution in [-0.2, 0) is 0 Å². The van der Waals surface area contributed by atoms with Gasteiger partial charge in [-0.3, -0.25) is 4.79 Å². The van der Waals surface area contributed by atoms with Crippen molar-refractivity contribution < 1.29 is 4.79 Å². The van der Waals surface area contributed by atoms with Crippen molar-refractivity contribution in [1.29, 1.82) is 0 Å². The Morgan fingerprint density at radius 3 is 2.56 bits per heavy atom. The van der Waals surface area contributed by atoms with Crippen LogP contribution in [0.25, 0.3) is 0 Å². The molecule has 0 heterocycles. The molecular formula is C13H17Cl2NOS. The third kappa shape index (κ3) is 3.34. The lowest BCUT2D eigenvalue weighted by Crippen LogP contribution is -2.46. The number of halogens is 2. The van der Waals surface area contributed by atoms with Crippen LogP contribution in [-0.4, -0.2) is 35.5 Å². The summed E-state index contributed by atoms with van der Waals surface area (Å²) in [6.07, 6.45) is 1.96. The molecule has 0 fully saturated rings. The van der Waals surface area contributed by atoms with Crippen molar-refractivity contribution in [3.05, 3.63) is 28.8 Å². The van der Waals surface area contributed by atoms with Crippen LogP contribution in [0.1, 0.15) is 24.2 Å². The van der Waals surface area contributed by atoms with Gasteiger partial charge in [-0.15, -0.1) is 23.4 Å². The first-order valence-corrected chi connectivity index (χ1v) is 7.65. The van der Waals surface area contributed by atoms with E-state index >= 15 is 0 Å². The molecule has 0 radical (unpaired) electrons. The highest BCUT2D eigenvalue weighted by Gasteiger charge is 2.28. The summed E-state index contributed by atoms with van der Waals surface area (Å²) in [5.41, 5.74) is 0.112. The summed E-state index contributed by atoms with van der Waals surface area (Å²) in [6, 6.07) is 5.47. The lowest BCUT2D eigenvalue weighted by molar-refractivity contribution is 0.0660. The summed E-state index contributed by atoms with van der Waals surface area (Å²) in [5.74, 6) is 0.260. The summed E-state index contributed by atoms with van der Waals surface area (Å²) in [7, 11) is 1.74. The molecule has 0 spiro atoms. The van der Waals surface area contributed by atoms with E-state index in [1.165, 1.54) is 0 Å². The number of benzene rings is 1. The number of rotatable bonds is 4. The zero-order valence-electron chi connectivity index (χ0n) is 11.0. The molecule has 1 amide bonds. The molecule has 0 aromatic heterocycles. The molecule has 0 saturated heterocycles. The maximum Gasteiger partial charge on any atom is 0.255 e. The average molecular weight is 306 g/mol. The Hall–Kier alpha value is -0.380. The molecule has 0 bridgehead atoms. The van der Waals surface area contributed by atoms with Gasteiger partial charge in [-0.1, -0.05) is 11.6 Å². The zero-order valence-corrected chi connectivity index (χ0v) is 13.3. The van der Waals surface area contributed by atoms with Gasteiger partial charge >= 0.3 is 0 Å². The van der Waals surface area contributed by atoms with Crippen molar-refractivity contribution in [3.63, 3.8) is 0 Å². The first-order chi connectivity index (χ1) is 8.33. The van der Waals surface area contributed by atoms with E-state index in [1.807, 2.05) is 32.2 Å². The Morgan fingerprint density at radius 2 is 2.06 bits per heavy atom. The summed E-state index contributed by atoms with van der Waals surface area (Å²) in [5, 5.41) is 0.468. The first-order valence-electron chi connectivity index (χ1n) is 5.51. The number of alkyl halides is 1. The first kappa shape index (κ1) is 15.7. The van der Waals surface area contributed by atoms with Crippen molar-refractivity contribution in [2.24, 2.45) is 0 Å². The molecule has 0 aliphatic heterocycles. The minimum Gasteiger partial charge on any atom is -0.335 e. The predicted octanol–water partition coefficient (Wildman–Crippen LogP) is 4.15. The van der Waals surface area contributed by atoms with E-state index < -0.39 is 5.54 Å². The molecule has 0 aliphatic rings. The van der Waals surface area contributed by atoms with Gasteiger partial charge in [-0.05, 0) is 38.3 Å². The maximum absolute atomic E-state index is 12.4. The summed E-state index contributed by atoms with van der Waals surface area (Å²) in [4.78, 5) is 15.1. The summed E-state index contributed by atoms with van der Waals surface area (Å²) >= 11 is 13.6. The molecule has 0 unspecified atom stereocenters. The maximum atomic E-state index is 12.4. The highest BCUT2D eigenvalue weighted by Crippen LogP contribution is 2.26. The number of nitrogens with zero attached hydrogens (tertiary/aromatic N) is 1. The molecular weight excluding hydrogens is 289 g/mol. The molecule has 5 heteroatoms. The smallest absolute Gasteiger partial charge is 0.255 e. The van der Waals surface area contributed by atoms with E-state index in [9.17, 15) is 4.79 Å². The van der Waals surface area contributed by atoms with Crippen LogP contribution in [0.3, 0.4) is 0 Å². The fourth-order valence-corrected chi connectivity index (χ4v) is 2.16. The molecule has 0 aliphatic carbocycles. The second kappa shape index (κ2) is 6.18. The molecule has 1 rings (SSSR count). The van der Waals surface area contributed by atoms with Crippen LogP contribution in [0, 0.1) is 0 Å². The van der Waals surface area contributed by atoms with Gasteiger partial charge in [0.15, 0.2) is 0 Å². The van der Waals surface area contributed by atoms with Crippen LogP contribution >= 0.6 is 35.0 Å². The Morgan fingerprint density at radius 1 is 1.44 bits per heavy atom. The Kier molecular flexibility index (Phi) is 5.38. The van der Waals surface area contributed by atoms with E-state index in [0.29, 0.717) is 16.5 Å². The minimum absolute atomic E-state index is 0.110. The average Bonchev–Trinajstić information content (AvgIpc) is 2.37. The van der Waals surface area contributed by atoms with E-state index in [2.05, 4.69) is 0 Å². The van der Waals surface area contributed by atoms with E-state index in [4.69, 9.17) is 23.2 Å². The van der Waals surface area contributed by atoms with Crippen LogP contribution in [0.4, 0.5) is 0 Å². The van der Waals surface area contributed by atoms with Crippen molar-refractivity contribution in [3.8, 4) is 0 Å². The molecule has 0 N–H and O–H groups in total. The molecule has 0 saturated carbocycles. The summed E-state index contributed by atoms with van der Waals surface area (Å²) in [6.45, 7) is 3.84. The van der Waals surface area contributed by atoms with Gasteiger partial charge in [0.25, 0.3) is 5.91 Å². The van der Waals surface area contributed by atoms with Crippen molar-refractivity contribution in [1.82, 2.24) is 4.90 Å². The van der Waals surface area contributed by atoms with Crippen molar-refractivity contribution in [2.75, 3.05) is 19.2 Å². The van der Waals surface area contributed by atoms with Crippen LogP contribution in [0.5, 0.6) is 0 Å². The third-order valence-corrected chi connectivity index (χ3v) is 4.65. The third-order valence-electron chi connectivity index (χ3n) is 2.94. The molecule has 0 atom stereocenters. The Bertz CT molecular complexity index is 449. The SMILES string of the molecule is CSc1ccc(Cl)c(C(=O)N(C)C(C)(C)CCl)c1. The highest BCUT2D eigenvalue weighted by molar-refractivity contribution is 7.98. The molecule has 1 aromatic carbocycles. The molecule has 18 heavy (non-hydrogen) atoms. The van der Waals surface area contributed by atoms with Crippen LogP contribution < -0.4 is 0 Å². The zero-order chi connectivity index (χ0) is 13.9.